The van der Waals surface area contributed by atoms with E-state index in [1.165, 1.54) is 17.7 Å². The smallest absolute Gasteiger partial charge is 0.145 e. The van der Waals surface area contributed by atoms with Crippen molar-refractivity contribution in [1.82, 2.24) is 4.98 Å². The van der Waals surface area contributed by atoms with Crippen molar-refractivity contribution in [2.24, 2.45) is 5.92 Å². The molecule has 0 spiro atoms. The predicted octanol–water partition coefficient (Wildman–Crippen LogP) is 3.38. The fourth-order valence-corrected chi connectivity index (χ4v) is 2.89. The molecule has 100 valence electrons. The second-order valence-corrected chi connectivity index (χ2v) is 5.31. The molecule has 1 atom stereocenters. The quantitative estimate of drug-likeness (QED) is 0.826. The zero-order valence-corrected chi connectivity index (χ0v) is 11.7. The molecule has 1 unspecified atom stereocenters. The van der Waals surface area contributed by atoms with Crippen LogP contribution in [-0.4, -0.2) is 19.2 Å². The standard InChI is InChI=1S/C16H19NO2/c1-10-4-5-13-11(8-10)9-12-14(18-2)6-7-15(19-3)16(12)17-13/h6-7,9-10H,4-5,8H2,1-3H3. The van der Waals surface area contributed by atoms with Crippen molar-refractivity contribution in [2.45, 2.75) is 26.2 Å². The van der Waals surface area contributed by atoms with Gasteiger partial charge in [0, 0.05) is 11.1 Å². The zero-order valence-electron chi connectivity index (χ0n) is 11.7. The average molecular weight is 257 g/mol. The van der Waals surface area contributed by atoms with Gasteiger partial charge in [0.2, 0.25) is 0 Å². The van der Waals surface area contributed by atoms with Crippen LogP contribution in [0.5, 0.6) is 11.5 Å². The van der Waals surface area contributed by atoms with Crippen molar-refractivity contribution < 1.29 is 9.47 Å². The molecule has 2 aromatic rings. The molecule has 0 N–H and O–H groups in total. The number of aromatic nitrogens is 1. The summed E-state index contributed by atoms with van der Waals surface area (Å²) in [6, 6.07) is 6.10. The van der Waals surface area contributed by atoms with Gasteiger partial charge in [-0.1, -0.05) is 6.92 Å². The maximum Gasteiger partial charge on any atom is 0.145 e. The number of hydrogen-bond donors (Lipinski definition) is 0. The van der Waals surface area contributed by atoms with Crippen LogP contribution in [0.4, 0.5) is 0 Å². The van der Waals surface area contributed by atoms with Gasteiger partial charge < -0.3 is 9.47 Å². The molecular formula is C16H19NO2. The first-order valence-electron chi connectivity index (χ1n) is 6.76. The lowest BCUT2D eigenvalue weighted by Crippen LogP contribution is -2.13. The van der Waals surface area contributed by atoms with Crippen LogP contribution < -0.4 is 9.47 Å². The molecule has 0 fully saturated rings. The van der Waals surface area contributed by atoms with E-state index in [1.54, 1.807) is 14.2 Å². The highest BCUT2D eigenvalue weighted by Crippen LogP contribution is 2.35. The normalized spacial score (nSPS) is 18.2. The van der Waals surface area contributed by atoms with Crippen molar-refractivity contribution in [2.75, 3.05) is 14.2 Å². The van der Waals surface area contributed by atoms with Crippen LogP contribution in [0.1, 0.15) is 24.6 Å². The van der Waals surface area contributed by atoms with Crippen molar-refractivity contribution in [3.05, 3.63) is 29.5 Å². The van der Waals surface area contributed by atoms with Crippen LogP contribution in [0.3, 0.4) is 0 Å². The minimum Gasteiger partial charge on any atom is -0.496 e. The molecule has 0 saturated heterocycles. The first kappa shape index (κ1) is 12.3. The molecule has 0 radical (unpaired) electrons. The Hall–Kier alpha value is -1.77. The van der Waals surface area contributed by atoms with Gasteiger partial charge in [-0.15, -0.1) is 0 Å². The van der Waals surface area contributed by atoms with Crippen LogP contribution in [0.15, 0.2) is 18.2 Å². The number of rotatable bonds is 2. The van der Waals surface area contributed by atoms with Crippen LogP contribution in [0.25, 0.3) is 10.9 Å². The fraction of sp³-hybridized carbons (Fsp3) is 0.438. The fourth-order valence-electron chi connectivity index (χ4n) is 2.89. The predicted molar refractivity (Wildman–Crippen MR) is 76.0 cm³/mol. The first-order chi connectivity index (χ1) is 9.22. The van der Waals surface area contributed by atoms with E-state index >= 15 is 0 Å². The molecule has 1 heterocycles. The van der Waals surface area contributed by atoms with E-state index in [2.05, 4.69) is 13.0 Å². The molecule has 0 saturated carbocycles. The molecule has 1 aromatic carbocycles. The average Bonchev–Trinajstić information content (AvgIpc) is 2.44. The molecule has 3 nitrogen and oxygen atoms in total. The number of fused-ring (bicyclic) bond motifs is 2. The SMILES string of the molecule is COc1ccc(OC)c2nc3c(cc12)CC(C)CC3. The Balaban J connectivity index is 2.26. The summed E-state index contributed by atoms with van der Waals surface area (Å²) >= 11 is 0. The van der Waals surface area contributed by atoms with Crippen molar-refractivity contribution in [3.8, 4) is 11.5 Å². The molecular weight excluding hydrogens is 238 g/mol. The summed E-state index contributed by atoms with van der Waals surface area (Å²) in [7, 11) is 3.38. The summed E-state index contributed by atoms with van der Waals surface area (Å²) in [5, 5.41) is 1.05. The van der Waals surface area contributed by atoms with Gasteiger partial charge in [0.05, 0.1) is 14.2 Å². The Labute approximate surface area is 113 Å². The van der Waals surface area contributed by atoms with E-state index < -0.39 is 0 Å². The minimum atomic E-state index is 0.739. The largest absolute Gasteiger partial charge is 0.496 e. The topological polar surface area (TPSA) is 31.4 Å². The highest BCUT2D eigenvalue weighted by molar-refractivity contribution is 5.90. The number of methoxy groups -OCH3 is 2. The molecule has 3 heteroatoms. The summed E-state index contributed by atoms with van der Waals surface area (Å²) in [6.45, 7) is 2.30. The van der Waals surface area contributed by atoms with Crippen LogP contribution in [0.2, 0.25) is 0 Å². The Morgan fingerprint density at radius 1 is 1.16 bits per heavy atom. The van der Waals surface area contributed by atoms with Crippen molar-refractivity contribution >= 4 is 10.9 Å². The molecule has 1 aliphatic rings. The van der Waals surface area contributed by atoms with E-state index in [4.69, 9.17) is 14.5 Å². The van der Waals surface area contributed by atoms with E-state index in [0.717, 1.165) is 41.2 Å². The molecule has 0 aliphatic heterocycles. The maximum atomic E-state index is 5.45. The number of nitrogens with zero attached hydrogens (tertiary/aromatic N) is 1. The molecule has 1 aromatic heterocycles. The van der Waals surface area contributed by atoms with Gasteiger partial charge >= 0.3 is 0 Å². The van der Waals surface area contributed by atoms with Gasteiger partial charge in [0.15, 0.2) is 0 Å². The van der Waals surface area contributed by atoms with E-state index in [-0.39, 0.29) is 0 Å². The van der Waals surface area contributed by atoms with E-state index in [0.29, 0.717) is 0 Å². The highest BCUT2D eigenvalue weighted by Gasteiger charge is 2.19. The lowest BCUT2D eigenvalue weighted by Gasteiger charge is -2.22. The van der Waals surface area contributed by atoms with Gasteiger partial charge in [-0.25, -0.2) is 4.98 Å². The zero-order chi connectivity index (χ0) is 13.4. The lowest BCUT2D eigenvalue weighted by molar-refractivity contribution is 0.409. The van der Waals surface area contributed by atoms with Gasteiger partial charge in [-0.05, 0) is 48.9 Å². The summed E-state index contributed by atoms with van der Waals surface area (Å²) < 4.78 is 10.9. The number of benzene rings is 1. The first-order valence-corrected chi connectivity index (χ1v) is 6.76. The third-order valence-electron chi connectivity index (χ3n) is 3.96. The van der Waals surface area contributed by atoms with Gasteiger partial charge in [0.1, 0.15) is 17.0 Å². The number of ether oxygens (including phenoxy) is 2. The molecule has 19 heavy (non-hydrogen) atoms. The van der Waals surface area contributed by atoms with Crippen molar-refractivity contribution in [3.63, 3.8) is 0 Å². The third-order valence-corrected chi connectivity index (χ3v) is 3.96. The number of hydrogen-bond acceptors (Lipinski definition) is 3. The van der Waals surface area contributed by atoms with Gasteiger partial charge in [-0.3, -0.25) is 0 Å². The van der Waals surface area contributed by atoms with E-state index in [1.807, 2.05) is 12.1 Å². The third kappa shape index (κ3) is 2.03. The van der Waals surface area contributed by atoms with Crippen LogP contribution in [-0.2, 0) is 12.8 Å². The lowest BCUT2D eigenvalue weighted by atomic mass is 9.87. The summed E-state index contributed by atoms with van der Waals surface area (Å²) in [4.78, 5) is 4.82. The number of pyridine rings is 1. The van der Waals surface area contributed by atoms with E-state index in [9.17, 15) is 0 Å². The summed E-state index contributed by atoms with van der Waals surface area (Å²) in [6.07, 6.45) is 3.39. The number of aryl methyl sites for hydroxylation is 1. The Kier molecular flexibility index (Phi) is 3.05. The second-order valence-electron chi connectivity index (χ2n) is 5.31. The molecule has 3 rings (SSSR count). The highest BCUT2D eigenvalue weighted by atomic mass is 16.5. The second kappa shape index (κ2) is 4.72. The van der Waals surface area contributed by atoms with Crippen LogP contribution >= 0.6 is 0 Å². The Bertz CT molecular complexity index is 622. The van der Waals surface area contributed by atoms with Gasteiger partial charge in [0.25, 0.3) is 0 Å². The maximum absolute atomic E-state index is 5.45. The molecule has 0 bridgehead atoms. The Morgan fingerprint density at radius 2 is 1.89 bits per heavy atom. The molecule has 1 aliphatic carbocycles. The summed E-state index contributed by atoms with van der Waals surface area (Å²) in [5.74, 6) is 2.42. The van der Waals surface area contributed by atoms with Crippen LogP contribution in [0, 0.1) is 5.92 Å². The monoisotopic (exact) mass is 257 g/mol. The van der Waals surface area contributed by atoms with Gasteiger partial charge in [-0.2, -0.15) is 0 Å². The minimum absolute atomic E-state index is 0.739. The van der Waals surface area contributed by atoms with Crippen molar-refractivity contribution in [1.29, 1.82) is 0 Å². The summed E-state index contributed by atoms with van der Waals surface area (Å²) in [5.41, 5.74) is 3.49. The molecule has 0 amide bonds. The Morgan fingerprint density at radius 3 is 2.63 bits per heavy atom.